The van der Waals surface area contributed by atoms with E-state index in [1.54, 1.807) is 6.08 Å². The average molecular weight is 1060 g/mol. The largest absolute Gasteiger partial charge is 0.756 e. The van der Waals surface area contributed by atoms with Crippen molar-refractivity contribution >= 4 is 13.7 Å². The van der Waals surface area contributed by atoms with Crippen molar-refractivity contribution < 1.29 is 32.9 Å². The van der Waals surface area contributed by atoms with Gasteiger partial charge in [-0.25, -0.2) is 0 Å². The Hall–Kier alpha value is -1.28. The topological polar surface area (TPSA) is 108 Å². The molecular formula is C65H127N2O6P. The van der Waals surface area contributed by atoms with Crippen LogP contribution >= 0.6 is 7.82 Å². The molecule has 0 radical (unpaired) electrons. The van der Waals surface area contributed by atoms with Crippen molar-refractivity contribution in [2.24, 2.45) is 0 Å². The zero-order chi connectivity index (χ0) is 54.2. The first kappa shape index (κ1) is 72.7. The number of carbonyl (C=O) groups excluding carboxylic acids is 1. The lowest BCUT2D eigenvalue weighted by molar-refractivity contribution is -0.870. The molecule has 0 fully saturated rings. The van der Waals surface area contributed by atoms with Gasteiger partial charge in [-0.3, -0.25) is 9.36 Å². The summed E-state index contributed by atoms with van der Waals surface area (Å²) in [5, 5.41) is 13.9. The number of nitrogens with zero attached hydrogens (tertiary/aromatic N) is 1. The van der Waals surface area contributed by atoms with Crippen LogP contribution in [0.3, 0.4) is 0 Å². The van der Waals surface area contributed by atoms with E-state index in [0.29, 0.717) is 17.4 Å². The number of allylic oxidation sites excluding steroid dienone is 5. The van der Waals surface area contributed by atoms with Crippen LogP contribution in [0.25, 0.3) is 0 Å². The lowest BCUT2D eigenvalue weighted by Crippen LogP contribution is -2.45. The highest BCUT2D eigenvalue weighted by Gasteiger charge is 2.23. The van der Waals surface area contributed by atoms with E-state index in [1.165, 1.54) is 257 Å². The van der Waals surface area contributed by atoms with Crippen molar-refractivity contribution in [3.8, 4) is 0 Å². The number of phosphoric acid groups is 1. The van der Waals surface area contributed by atoms with Crippen LogP contribution in [0, 0.1) is 0 Å². The number of aliphatic hydroxyl groups is 1. The SMILES string of the molecule is CCCCCCC/C=C\C/C=C\CCCCCCCCCCCCCCCCCCCCCCCCCCCC(=O)NC(COP(=O)([O-])OCC[N+](C)(C)C)C(O)/C=C/CCCCCCCCCCCCCCC. The van der Waals surface area contributed by atoms with Gasteiger partial charge in [-0.15, -0.1) is 0 Å². The van der Waals surface area contributed by atoms with Crippen LogP contribution in [0.1, 0.15) is 322 Å². The first-order valence-corrected chi connectivity index (χ1v) is 33.8. The number of hydrogen-bond acceptors (Lipinski definition) is 6. The molecule has 0 bridgehead atoms. The minimum atomic E-state index is -4.59. The van der Waals surface area contributed by atoms with E-state index in [0.717, 1.165) is 44.9 Å². The summed E-state index contributed by atoms with van der Waals surface area (Å²) in [5.41, 5.74) is 0. The normalized spacial score (nSPS) is 14.0. The third kappa shape index (κ3) is 58.4. The Balaban J connectivity index is 3.92. The van der Waals surface area contributed by atoms with Gasteiger partial charge in [0.1, 0.15) is 13.2 Å². The standard InChI is InChI=1S/C65H127N2O6P/c1-6-8-10-12-14-16-18-20-22-23-24-25-26-27-28-29-30-31-32-33-34-35-36-37-38-39-40-41-42-43-45-47-49-51-53-55-57-59-65(69)66-63(62-73-74(70,71)72-61-60-67(3,4)5)64(68)58-56-54-52-50-48-46-44-21-19-17-15-13-11-9-7-2/h18,20,23-24,56,58,63-64,68H,6-17,19,21-22,25-55,57,59-62H2,1-5H3,(H-,66,69,70,71)/b20-18-,24-23-,58-56+. The molecule has 8 nitrogen and oxygen atoms in total. The van der Waals surface area contributed by atoms with Crippen molar-refractivity contribution in [2.45, 2.75) is 334 Å². The zero-order valence-corrected chi connectivity index (χ0v) is 51.0. The number of hydrogen-bond donors (Lipinski definition) is 2. The lowest BCUT2D eigenvalue weighted by Gasteiger charge is -2.29. The zero-order valence-electron chi connectivity index (χ0n) is 50.1. The van der Waals surface area contributed by atoms with E-state index >= 15 is 0 Å². The first-order chi connectivity index (χ1) is 36.0. The number of rotatable bonds is 60. The molecule has 0 aliphatic heterocycles. The molecule has 2 N–H and O–H groups in total. The summed E-state index contributed by atoms with van der Waals surface area (Å²) in [5.74, 6) is -0.191. The molecule has 1 amide bonds. The molecule has 438 valence electrons. The number of nitrogens with one attached hydrogen (secondary N) is 1. The number of amides is 1. The highest BCUT2D eigenvalue weighted by atomic mass is 31.2. The van der Waals surface area contributed by atoms with Crippen LogP contribution < -0.4 is 10.2 Å². The maximum atomic E-state index is 13.0. The fourth-order valence-electron chi connectivity index (χ4n) is 9.78. The summed E-state index contributed by atoms with van der Waals surface area (Å²) in [6.07, 6.45) is 74.0. The minimum Gasteiger partial charge on any atom is -0.756 e. The van der Waals surface area contributed by atoms with Gasteiger partial charge in [0.05, 0.1) is 39.9 Å². The molecule has 0 aromatic rings. The molecule has 0 rings (SSSR count). The Morgan fingerprint density at radius 2 is 0.784 bits per heavy atom. The molecule has 9 heteroatoms. The smallest absolute Gasteiger partial charge is 0.268 e. The number of unbranched alkanes of at least 4 members (excludes halogenated alkanes) is 43. The van der Waals surface area contributed by atoms with Crippen LogP contribution in [0.15, 0.2) is 36.5 Å². The third-order valence-corrected chi connectivity index (χ3v) is 15.8. The van der Waals surface area contributed by atoms with E-state index in [2.05, 4.69) is 43.5 Å². The second kappa shape index (κ2) is 56.4. The summed E-state index contributed by atoms with van der Waals surface area (Å²) >= 11 is 0. The van der Waals surface area contributed by atoms with Crippen molar-refractivity contribution in [3.05, 3.63) is 36.5 Å². The Bertz CT molecular complexity index is 1300. The van der Waals surface area contributed by atoms with Gasteiger partial charge >= 0.3 is 0 Å². The number of aliphatic hydroxyl groups excluding tert-OH is 1. The number of quaternary nitrogens is 1. The summed E-state index contributed by atoms with van der Waals surface area (Å²) in [4.78, 5) is 25.5. The third-order valence-electron chi connectivity index (χ3n) is 14.8. The van der Waals surface area contributed by atoms with E-state index in [-0.39, 0.29) is 19.1 Å². The molecule has 3 atom stereocenters. The molecule has 0 aliphatic carbocycles. The Kier molecular flexibility index (Phi) is 55.5. The second-order valence-electron chi connectivity index (χ2n) is 23.5. The number of phosphoric ester groups is 1. The summed E-state index contributed by atoms with van der Waals surface area (Å²) < 4.78 is 23.4. The fraction of sp³-hybridized carbons (Fsp3) is 0.892. The molecule has 0 heterocycles. The molecule has 0 saturated heterocycles. The van der Waals surface area contributed by atoms with Crippen molar-refractivity contribution in [3.63, 3.8) is 0 Å². The van der Waals surface area contributed by atoms with Crippen LogP contribution in [-0.2, 0) is 18.4 Å². The summed E-state index contributed by atoms with van der Waals surface area (Å²) in [6, 6.07) is -0.884. The van der Waals surface area contributed by atoms with Crippen molar-refractivity contribution in [2.75, 3.05) is 40.9 Å². The monoisotopic (exact) mass is 1060 g/mol. The van der Waals surface area contributed by atoms with Gasteiger partial charge in [-0.2, -0.15) is 0 Å². The lowest BCUT2D eigenvalue weighted by atomic mass is 10.0. The van der Waals surface area contributed by atoms with E-state index in [9.17, 15) is 19.4 Å². The average Bonchev–Trinajstić information content (AvgIpc) is 3.36. The highest BCUT2D eigenvalue weighted by molar-refractivity contribution is 7.45. The predicted octanol–water partition coefficient (Wildman–Crippen LogP) is 19.5. The molecule has 0 aromatic heterocycles. The van der Waals surface area contributed by atoms with Crippen LogP contribution in [-0.4, -0.2) is 68.5 Å². The van der Waals surface area contributed by atoms with Crippen LogP contribution in [0.2, 0.25) is 0 Å². The summed E-state index contributed by atoms with van der Waals surface area (Å²) in [6.45, 7) is 4.67. The van der Waals surface area contributed by atoms with Gasteiger partial charge in [-0.1, -0.05) is 301 Å². The molecule has 0 aromatic carbocycles. The molecule has 74 heavy (non-hydrogen) atoms. The van der Waals surface area contributed by atoms with Gasteiger partial charge < -0.3 is 28.8 Å². The second-order valence-corrected chi connectivity index (χ2v) is 24.9. The van der Waals surface area contributed by atoms with Gasteiger partial charge in [0.25, 0.3) is 7.82 Å². The van der Waals surface area contributed by atoms with Gasteiger partial charge in [-0.05, 0) is 51.4 Å². The quantitative estimate of drug-likeness (QED) is 0.0272. The molecule has 3 unspecified atom stereocenters. The van der Waals surface area contributed by atoms with Crippen molar-refractivity contribution in [1.82, 2.24) is 5.32 Å². The molecule has 0 aliphatic rings. The maximum absolute atomic E-state index is 13.0. The Morgan fingerprint density at radius 3 is 1.12 bits per heavy atom. The molecule has 0 spiro atoms. The van der Waals surface area contributed by atoms with Crippen LogP contribution in [0.4, 0.5) is 0 Å². The van der Waals surface area contributed by atoms with E-state index in [4.69, 9.17) is 9.05 Å². The van der Waals surface area contributed by atoms with Crippen LogP contribution in [0.5, 0.6) is 0 Å². The fourth-order valence-corrected chi connectivity index (χ4v) is 10.5. The first-order valence-electron chi connectivity index (χ1n) is 32.4. The van der Waals surface area contributed by atoms with E-state index in [1.807, 2.05) is 27.2 Å². The number of carbonyl (C=O) groups is 1. The molecule has 0 saturated carbocycles. The minimum absolute atomic E-state index is 0.00124. The highest BCUT2D eigenvalue weighted by Crippen LogP contribution is 2.38. The summed E-state index contributed by atoms with van der Waals surface area (Å²) in [7, 11) is 1.27. The van der Waals surface area contributed by atoms with Gasteiger partial charge in [0.2, 0.25) is 5.91 Å². The Morgan fingerprint density at radius 1 is 0.473 bits per heavy atom. The van der Waals surface area contributed by atoms with Crippen molar-refractivity contribution in [1.29, 1.82) is 0 Å². The van der Waals surface area contributed by atoms with Gasteiger partial charge in [0, 0.05) is 6.42 Å². The number of likely N-dealkylation sites (N-methyl/N-ethyl adjacent to an activating group) is 1. The Labute approximate surface area is 461 Å². The molecular weight excluding hydrogens is 936 g/mol. The van der Waals surface area contributed by atoms with E-state index < -0.39 is 20.0 Å². The maximum Gasteiger partial charge on any atom is 0.268 e. The van der Waals surface area contributed by atoms with Gasteiger partial charge in [0.15, 0.2) is 0 Å². The predicted molar refractivity (Wildman–Crippen MR) is 321 cm³/mol.